The third-order valence-electron chi connectivity index (χ3n) is 7.04. The van der Waals surface area contributed by atoms with E-state index in [2.05, 4.69) is 5.32 Å². The second-order valence-electron chi connectivity index (χ2n) is 9.51. The maximum Gasteiger partial charge on any atom is 0.260 e. The molecule has 2 saturated carbocycles. The van der Waals surface area contributed by atoms with Crippen molar-refractivity contribution in [3.05, 3.63) is 29.6 Å². The van der Waals surface area contributed by atoms with Crippen molar-refractivity contribution in [3.63, 3.8) is 0 Å². The van der Waals surface area contributed by atoms with E-state index < -0.39 is 11.7 Å². The number of benzene rings is 1. The molecule has 1 aromatic carbocycles. The highest BCUT2D eigenvalue weighted by Crippen LogP contribution is 2.49. The molecule has 3 aliphatic rings. The summed E-state index contributed by atoms with van der Waals surface area (Å²) in [6, 6.07) is 4.61. The van der Waals surface area contributed by atoms with Crippen molar-refractivity contribution in [2.75, 3.05) is 26.2 Å². The normalized spacial score (nSPS) is 24.8. The number of likely N-dealkylation sites (tertiary alicyclic amines) is 1. The van der Waals surface area contributed by atoms with Gasteiger partial charge in [0, 0.05) is 18.5 Å². The Hall–Kier alpha value is -1.76. The summed E-state index contributed by atoms with van der Waals surface area (Å²) < 4.78 is 47.1. The minimum Gasteiger partial charge on any atom is -0.493 e. The minimum absolute atomic E-state index is 0.0598. The number of hydrogen-bond donors (Lipinski definition) is 1. The number of carbonyl (C=O) groups excluding carboxylic acids is 1. The molecule has 1 N–H and O–H groups in total. The molecule has 7 heteroatoms. The largest absolute Gasteiger partial charge is 0.493 e. The van der Waals surface area contributed by atoms with Crippen LogP contribution in [-0.4, -0.2) is 49.0 Å². The van der Waals surface area contributed by atoms with Gasteiger partial charge in [-0.2, -0.15) is 0 Å². The first kappa shape index (κ1) is 22.4. The SMILES string of the molecule is CCC(F)(F)CN1CCC([C@H]2C[C@H]2CCOc2ccc(C(=O)NC3CC3)c(F)c2)CC1. The highest BCUT2D eigenvalue weighted by molar-refractivity contribution is 5.95. The van der Waals surface area contributed by atoms with Crippen LogP contribution in [0.1, 0.15) is 62.2 Å². The Balaban J connectivity index is 1.15. The van der Waals surface area contributed by atoms with Gasteiger partial charge in [-0.25, -0.2) is 13.2 Å². The standard InChI is InChI=1S/C24H33F3N2O2/c1-2-24(26,27)15-29-10-7-16(8-11-29)21-13-17(21)9-12-31-19-5-6-20(22(25)14-19)23(30)28-18-3-4-18/h5-6,14,16-18,21H,2-4,7-13,15H2,1H3,(H,28,30)/t17-,21-/m1/s1. The zero-order chi connectivity index (χ0) is 22.0. The molecule has 0 bridgehead atoms. The van der Waals surface area contributed by atoms with E-state index in [0.717, 1.165) is 45.2 Å². The number of nitrogens with one attached hydrogen (secondary N) is 1. The lowest BCUT2D eigenvalue weighted by Gasteiger charge is -2.34. The van der Waals surface area contributed by atoms with E-state index in [0.29, 0.717) is 30.1 Å². The van der Waals surface area contributed by atoms with E-state index >= 15 is 0 Å². The first-order valence-electron chi connectivity index (χ1n) is 11.7. The van der Waals surface area contributed by atoms with Crippen LogP contribution >= 0.6 is 0 Å². The van der Waals surface area contributed by atoms with Crippen LogP contribution in [0.15, 0.2) is 18.2 Å². The first-order valence-corrected chi connectivity index (χ1v) is 11.7. The maximum absolute atomic E-state index is 14.2. The van der Waals surface area contributed by atoms with Gasteiger partial charge in [0.2, 0.25) is 0 Å². The Morgan fingerprint density at radius 3 is 2.61 bits per heavy atom. The first-order chi connectivity index (χ1) is 14.8. The molecule has 4 nitrogen and oxygen atoms in total. The molecule has 1 amide bonds. The van der Waals surface area contributed by atoms with Crippen LogP contribution in [0.25, 0.3) is 0 Å². The fraction of sp³-hybridized carbons (Fsp3) is 0.708. The lowest BCUT2D eigenvalue weighted by atomic mass is 9.90. The third-order valence-corrected chi connectivity index (χ3v) is 7.04. The van der Waals surface area contributed by atoms with Crippen molar-refractivity contribution < 1.29 is 22.7 Å². The van der Waals surface area contributed by atoms with Gasteiger partial charge in [-0.3, -0.25) is 9.69 Å². The van der Waals surface area contributed by atoms with Gasteiger partial charge in [0.05, 0.1) is 18.7 Å². The number of piperidine rings is 1. The predicted molar refractivity (Wildman–Crippen MR) is 113 cm³/mol. The number of carbonyl (C=O) groups is 1. The molecule has 4 rings (SSSR count). The Bertz CT molecular complexity index is 776. The summed E-state index contributed by atoms with van der Waals surface area (Å²) in [4.78, 5) is 13.9. The van der Waals surface area contributed by atoms with Gasteiger partial charge in [-0.05, 0) is 81.5 Å². The quantitative estimate of drug-likeness (QED) is 0.566. The van der Waals surface area contributed by atoms with E-state index in [1.165, 1.54) is 25.5 Å². The Morgan fingerprint density at radius 1 is 1.23 bits per heavy atom. The highest BCUT2D eigenvalue weighted by atomic mass is 19.3. The fourth-order valence-electron chi connectivity index (χ4n) is 4.75. The summed E-state index contributed by atoms with van der Waals surface area (Å²) in [7, 11) is 0. The van der Waals surface area contributed by atoms with E-state index in [1.54, 1.807) is 6.07 Å². The molecule has 172 valence electrons. The molecule has 0 unspecified atom stereocenters. The number of nitrogens with zero attached hydrogens (tertiary/aromatic N) is 1. The van der Waals surface area contributed by atoms with Crippen LogP contribution < -0.4 is 10.1 Å². The summed E-state index contributed by atoms with van der Waals surface area (Å²) in [6.07, 6.45) is 5.92. The molecule has 1 heterocycles. The topological polar surface area (TPSA) is 41.6 Å². The second kappa shape index (κ2) is 9.39. The molecule has 3 fully saturated rings. The number of amides is 1. The highest BCUT2D eigenvalue weighted by Gasteiger charge is 2.43. The Morgan fingerprint density at radius 2 is 1.97 bits per heavy atom. The van der Waals surface area contributed by atoms with Crippen molar-refractivity contribution in [1.82, 2.24) is 10.2 Å². The molecular formula is C24H33F3N2O2. The molecule has 1 aliphatic heterocycles. The maximum atomic E-state index is 14.2. The smallest absolute Gasteiger partial charge is 0.260 e. The third kappa shape index (κ3) is 6.15. The van der Waals surface area contributed by atoms with Crippen LogP contribution in [-0.2, 0) is 0 Å². The zero-order valence-corrected chi connectivity index (χ0v) is 18.2. The molecule has 1 saturated heterocycles. The molecular weight excluding hydrogens is 405 g/mol. The number of ether oxygens (including phenoxy) is 1. The lowest BCUT2D eigenvalue weighted by molar-refractivity contribution is -0.0424. The van der Waals surface area contributed by atoms with E-state index in [-0.39, 0.29) is 30.5 Å². The van der Waals surface area contributed by atoms with Gasteiger partial charge < -0.3 is 10.1 Å². The summed E-state index contributed by atoms with van der Waals surface area (Å²) in [6.45, 7) is 3.48. The Labute approximate surface area is 182 Å². The average molecular weight is 439 g/mol. The van der Waals surface area contributed by atoms with Crippen molar-refractivity contribution >= 4 is 5.91 Å². The fourth-order valence-corrected chi connectivity index (χ4v) is 4.75. The van der Waals surface area contributed by atoms with Gasteiger partial charge in [-0.1, -0.05) is 6.92 Å². The van der Waals surface area contributed by atoms with E-state index in [4.69, 9.17) is 4.74 Å². The van der Waals surface area contributed by atoms with E-state index in [9.17, 15) is 18.0 Å². The van der Waals surface area contributed by atoms with Gasteiger partial charge in [0.15, 0.2) is 0 Å². The predicted octanol–water partition coefficient (Wildman–Crippen LogP) is 4.88. The summed E-state index contributed by atoms with van der Waals surface area (Å²) in [5.41, 5.74) is 0.0598. The molecule has 1 aromatic rings. The number of alkyl halides is 2. The molecule has 2 atom stereocenters. The molecule has 0 aromatic heterocycles. The summed E-state index contributed by atoms with van der Waals surface area (Å²) in [5.74, 6) is -1.15. The average Bonchev–Trinajstić information content (AvgIpc) is 3.65. The minimum atomic E-state index is -2.58. The van der Waals surface area contributed by atoms with Crippen molar-refractivity contribution in [2.24, 2.45) is 17.8 Å². The number of halogens is 3. The summed E-state index contributed by atoms with van der Waals surface area (Å²) >= 11 is 0. The van der Waals surface area contributed by atoms with Gasteiger partial charge in [0.1, 0.15) is 11.6 Å². The number of hydrogen-bond acceptors (Lipinski definition) is 3. The van der Waals surface area contributed by atoms with Gasteiger partial charge in [-0.15, -0.1) is 0 Å². The molecule has 0 radical (unpaired) electrons. The molecule has 0 spiro atoms. The van der Waals surface area contributed by atoms with Gasteiger partial charge >= 0.3 is 0 Å². The van der Waals surface area contributed by atoms with Crippen molar-refractivity contribution in [3.8, 4) is 5.75 Å². The van der Waals surface area contributed by atoms with Crippen LogP contribution in [0.3, 0.4) is 0 Å². The van der Waals surface area contributed by atoms with Crippen molar-refractivity contribution in [1.29, 1.82) is 0 Å². The zero-order valence-electron chi connectivity index (χ0n) is 18.2. The lowest BCUT2D eigenvalue weighted by Crippen LogP contribution is -2.41. The van der Waals surface area contributed by atoms with Crippen LogP contribution in [0, 0.1) is 23.6 Å². The summed E-state index contributed by atoms with van der Waals surface area (Å²) in [5, 5.41) is 2.79. The number of rotatable bonds is 10. The van der Waals surface area contributed by atoms with Crippen molar-refractivity contribution in [2.45, 2.75) is 63.8 Å². The molecule has 2 aliphatic carbocycles. The van der Waals surface area contributed by atoms with Crippen LogP contribution in [0.2, 0.25) is 0 Å². The van der Waals surface area contributed by atoms with E-state index in [1.807, 2.05) is 4.90 Å². The Kier molecular flexibility index (Phi) is 6.80. The van der Waals surface area contributed by atoms with Crippen LogP contribution in [0.5, 0.6) is 5.75 Å². The second-order valence-corrected chi connectivity index (χ2v) is 9.51. The van der Waals surface area contributed by atoms with Gasteiger partial charge in [0.25, 0.3) is 11.8 Å². The van der Waals surface area contributed by atoms with Crippen LogP contribution in [0.4, 0.5) is 13.2 Å². The molecule has 31 heavy (non-hydrogen) atoms. The monoisotopic (exact) mass is 438 g/mol.